The molecule has 0 aliphatic heterocycles. The van der Waals surface area contributed by atoms with Crippen LogP contribution in [0, 0.1) is 18.6 Å². The lowest BCUT2D eigenvalue weighted by atomic mass is 10.3. The van der Waals surface area contributed by atoms with Crippen LogP contribution in [0.1, 0.15) is 11.7 Å². The van der Waals surface area contributed by atoms with Gasteiger partial charge in [-0.25, -0.2) is 8.78 Å². The SMILES string of the molecule is CN=C(NCCOc1ccc(F)cc1F)NCc1noc(C)n1. The van der Waals surface area contributed by atoms with Crippen molar-refractivity contribution in [1.82, 2.24) is 20.8 Å². The van der Waals surface area contributed by atoms with Crippen molar-refractivity contribution in [2.75, 3.05) is 20.2 Å². The van der Waals surface area contributed by atoms with Crippen LogP contribution in [0.3, 0.4) is 0 Å². The van der Waals surface area contributed by atoms with Crippen molar-refractivity contribution in [3.05, 3.63) is 41.5 Å². The van der Waals surface area contributed by atoms with E-state index in [1.165, 1.54) is 6.07 Å². The minimum Gasteiger partial charge on any atom is -0.489 e. The molecule has 0 unspecified atom stereocenters. The summed E-state index contributed by atoms with van der Waals surface area (Å²) in [6.45, 7) is 2.62. The van der Waals surface area contributed by atoms with Crippen LogP contribution in [0.2, 0.25) is 0 Å². The minimum atomic E-state index is -0.736. The Labute approximate surface area is 131 Å². The maximum Gasteiger partial charge on any atom is 0.223 e. The van der Waals surface area contributed by atoms with Gasteiger partial charge in [-0.3, -0.25) is 4.99 Å². The van der Waals surface area contributed by atoms with E-state index in [4.69, 9.17) is 9.26 Å². The molecular weight excluding hydrogens is 308 g/mol. The van der Waals surface area contributed by atoms with E-state index in [0.29, 0.717) is 30.8 Å². The smallest absolute Gasteiger partial charge is 0.223 e. The molecule has 124 valence electrons. The summed E-state index contributed by atoms with van der Waals surface area (Å²) < 4.78 is 36.2. The molecule has 9 heteroatoms. The molecule has 0 bridgehead atoms. The second-order valence-electron chi connectivity index (χ2n) is 4.51. The second-order valence-corrected chi connectivity index (χ2v) is 4.51. The number of aryl methyl sites for hydroxylation is 1. The quantitative estimate of drug-likeness (QED) is 0.474. The summed E-state index contributed by atoms with van der Waals surface area (Å²) in [7, 11) is 1.61. The molecule has 2 N–H and O–H groups in total. The Kier molecular flexibility index (Phi) is 5.84. The van der Waals surface area contributed by atoms with Gasteiger partial charge in [0.25, 0.3) is 0 Å². The average Bonchev–Trinajstić information content (AvgIpc) is 2.94. The Bertz CT molecular complexity index is 675. The number of guanidine groups is 1. The van der Waals surface area contributed by atoms with Gasteiger partial charge < -0.3 is 19.9 Å². The monoisotopic (exact) mass is 325 g/mol. The number of aliphatic imine (C=N–C) groups is 1. The van der Waals surface area contributed by atoms with E-state index in [1.54, 1.807) is 14.0 Å². The largest absolute Gasteiger partial charge is 0.489 e. The number of nitrogens with one attached hydrogen (secondary N) is 2. The zero-order chi connectivity index (χ0) is 16.7. The number of aromatic nitrogens is 2. The fourth-order valence-corrected chi connectivity index (χ4v) is 1.72. The third kappa shape index (κ3) is 5.20. The molecule has 1 aromatic carbocycles. The van der Waals surface area contributed by atoms with Crippen molar-refractivity contribution < 1.29 is 18.0 Å². The molecule has 1 aromatic heterocycles. The van der Waals surface area contributed by atoms with Gasteiger partial charge in [0.05, 0.1) is 13.1 Å². The van der Waals surface area contributed by atoms with Crippen LogP contribution >= 0.6 is 0 Å². The predicted octanol–water partition coefficient (Wildman–Crippen LogP) is 1.40. The maximum atomic E-state index is 13.4. The number of nitrogens with zero attached hydrogens (tertiary/aromatic N) is 3. The topological polar surface area (TPSA) is 84.6 Å². The van der Waals surface area contributed by atoms with Gasteiger partial charge in [0.2, 0.25) is 5.89 Å². The Balaban J connectivity index is 1.71. The number of hydrogen-bond acceptors (Lipinski definition) is 5. The molecule has 0 atom stereocenters. The normalized spacial score (nSPS) is 11.4. The van der Waals surface area contributed by atoms with E-state index in [9.17, 15) is 8.78 Å². The summed E-state index contributed by atoms with van der Waals surface area (Å²) in [5.74, 6) is 0.123. The Morgan fingerprint density at radius 1 is 1.35 bits per heavy atom. The van der Waals surface area contributed by atoms with E-state index in [-0.39, 0.29) is 12.4 Å². The fraction of sp³-hybridized carbons (Fsp3) is 0.357. The molecule has 2 aromatic rings. The number of benzene rings is 1. The van der Waals surface area contributed by atoms with E-state index in [0.717, 1.165) is 12.1 Å². The third-order valence-electron chi connectivity index (χ3n) is 2.75. The third-order valence-corrected chi connectivity index (χ3v) is 2.75. The standard InChI is InChI=1S/C14H17F2N5O2/c1-9-20-13(21-23-9)8-19-14(17-2)18-5-6-22-12-4-3-10(15)7-11(12)16/h3-4,7H,5-6,8H2,1-2H3,(H2,17,18,19). The summed E-state index contributed by atoms with van der Waals surface area (Å²) in [5, 5.41) is 9.72. The van der Waals surface area contributed by atoms with Gasteiger partial charge >= 0.3 is 0 Å². The summed E-state index contributed by atoms with van der Waals surface area (Å²) in [4.78, 5) is 8.06. The van der Waals surface area contributed by atoms with Crippen molar-refractivity contribution in [2.24, 2.45) is 4.99 Å². The molecule has 0 amide bonds. The maximum absolute atomic E-state index is 13.4. The van der Waals surface area contributed by atoms with Crippen molar-refractivity contribution in [2.45, 2.75) is 13.5 Å². The first-order valence-electron chi connectivity index (χ1n) is 6.90. The molecule has 0 saturated heterocycles. The highest BCUT2D eigenvalue weighted by atomic mass is 19.1. The Morgan fingerprint density at radius 2 is 2.17 bits per heavy atom. The van der Waals surface area contributed by atoms with Crippen molar-refractivity contribution in [3.63, 3.8) is 0 Å². The van der Waals surface area contributed by atoms with Crippen molar-refractivity contribution >= 4 is 5.96 Å². The summed E-state index contributed by atoms with van der Waals surface area (Å²) >= 11 is 0. The minimum absolute atomic E-state index is 0.00146. The van der Waals surface area contributed by atoms with Crippen LogP contribution in [0.5, 0.6) is 5.75 Å². The number of halogens is 2. The van der Waals surface area contributed by atoms with Crippen LogP contribution in [0.4, 0.5) is 8.78 Å². The van der Waals surface area contributed by atoms with Crippen molar-refractivity contribution in [3.8, 4) is 5.75 Å². The molecule has 1 heterocycles. The van der Waals surface area contributed by atoms with Crippen LogP contribution in [0.25, 0.3) is 0 Å². The average molecular weight is 325 g/mol. The fourth-order valence-electron chi connectivity index (χ4n) is 1.72. The van der Waals surface area contributed by atoms with E-state index in [2.05, 4.69) is 25.8 Å². The highest BCUT2D eigenvalue weighted by Gasteiger charge is 2.06. The molecule has 0 saturated carbocycles. The first-order chi connectivity index (χ1) is 11.1. The first-order valence-corrected chi connectivity index (χ1v) is 6.90. The number of ether oxygens (including phenoxy) is 1. The molecule has 0 aliphatic carbocycles. The highest BCUT2D eigenvalue weighted by molar-refractivity contribution is 5.79. The van der Waals surface area contributed by atoms with Gasteiger partial charge in [0.1, 0.15) is 12.4 Å². The lowest BCUT2D eigenvalue weighted by Gasteiger charge is -2.11. The van der Waals surface area contributed by atoms with Crippen molar-refractivity contribution in [1.29, 1.82) is 0 Å². The zero-order valence-electron chi connectivity index (χ0n) is 12.8. The molecule has 0 radical (unpaired) electrons. The van der Waals surface area contributed by atoms with Crippen LogP contribution in [0.15, 0.2) is 27.7 Å². The van der Waals surface area contributed by atoms with Gasteiger partial charge in [-0.15, -0.1) is 0 Å². The van der Waals surface area contributed by atoms with E-state index in [1.807, 2.05) is 0 Å². The predicted molar refractivity (Wildman–Crippen MR) is 79.1 cm³/mol. The Hall–Kier alpha value is -2.71. The lowest BCUT2D eigenvalue weighted by molar-refractivity contribution is 0.304. The molecule has 23 heavy (non-hydrogen) atoms. The van der Waals surface area contributed by atoms with E-state index < -0.39 is 11.6 Å². The van der Waals surface area contributed by atoms with Crippen LogP contribution in [-0.4, -0.2) is 36.3 Å². The molecule has 2 rings (SSSR count). The summed E-state index contributed by atoms with van der Waals surface area (Å²) in [6.07, 6.45) is 0. The molecular formula is C14H17F2N5O2. The summed E-state index contributed by atoms with van der Waals surface area (Å²) in [6, 6.07) is 3.16. The van der Waals surface area contributed by atoms with Gasteiger partial charge in [-0.2, -0.15) is 4.98 Å². The van der Waals surface area contributed by atoms with E-state index >= 15 is 0 Å². The zero-order valence-corrected chi connectivity index (χ0v) is 12.8. The van der Waals surface area contributed by atoms with Crippen LogP contribution < -0.4 is 15.4 Å². The first kappa shape index (κ1) is 16.7. The molecule has 0 aliphatic rings. The number of rotatable bonds is 6. The number of hydrogen-bond donors (Lipinski definition) is 2. The van der Waals surface area contributed by atoms with Crippen LogP contribution in [-0.2, 0) is 6.54 Å². The molecule has 0 fully saturated rings. The summed E-state index contributed by atoms with van der Waals surface area (Å²) in [5.41, 5.74) is 0. The highest BCUT2D eigenvalue weighted by Crippen LogP contribution is 2.17. The molecule has 0 spiro atoms. The van der Waals surface area contributed by atoms with Gasteiger partial charge in [-0.1, -0.05) is 5.16 Å². The second kappa shape index (κ2) is 8.06. The van der Waals surface area contributed by atoms with Gasteiger partial charge in [0.15, 0.2) is 23.4 Å². The molecule has 7 nitrogen and oxygen atoms in total. The lowest BCUT2D eigenvalue weighted by Crippen LogP contribution is -2.39. The van der Waals surface area contributed by atoms with Gasteiger partial charge in [-0.05, 0) is 12.1 Å². The Morgan fingerprint density at radius 3 is 2.83 bits per heavy atom. The van der Waals surface area contributed by atoms with Gasteiger partial charge in [0, 0.05) is 20.0 Å².